The van der Waals surface area contributed by atoms with E-state index >= 15 is 0 Å². The van der Waals surface area contributed by atoms with Gasteiger partial charge in [-0.05, 0) is 38.8 Å². The number of rotatable bonds is 3. The minimum atomic E-state index is -0.814. The third-order valence-electron chi connectivity index (χ3n) is 3.93. The summed E-state index contributed by atoms with van der Waals surface area (Å²) in [6.07, 6.45) is 1.39. The van der Waals surface area contributed by atoms with Crippen LogP contribution in [-0.2, 0) is 4.79 Å². The van der Waals surface area contributed by atoms with Gasteiger partial charge in [0.15, 0.2) is 0 Å². The molecular formula is C16H22N2O3. The molecule has 0 spiro atoms. The van der Waals surface area contributed by atoms with E-state index in [1.54, 1.807) is 9.80 Å². The Morgan fingerprint density at radius 2 is 2.00 bits per heavy atom. The summed E-state index contributed by atoms with van der Waals surface area (Å²) in [5.74, 6) is -1.26. The molecule has 5 nitrogen and oxygen atoms in total. The Hall–Kier alpha value is -2.04. The van der Waals surface area contributed by atoms with Crippen LogP contribution in [0.2, 0.25) is 0 Å². The Balaban J connectivity index is 2.12. The van der Waals surface area contributed by atoms with E-state index in [0.717, 1.165) is 17.7 Å². The van der Waals surface area contributed by atoms with Gasteiger partial charge in [0.25, 0.3) is 0 Å². The van der Waals surface area contributed by atoms with Crippen LogP contribution in [0.25, 0.3) is 0 Å². The number of likely N-dealkylation sites (tertiary alicyclic amines) is 1. The second-order valence-corrected chi connectivity index (χ2v) is 5.49. The van der Waals surface area contributed by atoms with Gasteiger partial charge in [-0.3, -0.25) is 9.69 Å². The second-order valence-electron chi connectivity index (χ2n) is 5.49. The Morgan fingerprint density at radius 1 is 1.33 bits per heavy atom. The zero-order valence-electron chi connectivity index (χ0n) is 12.6. The molecule has 1 saturated heterocycles. The second kappa shape index (κ2) is 6.61. The molecule has 0 aliphatic carbocycles. The summed E-state index contributed by atoms with van der Waals surface area (Å²) >= 11 is 0. The average molecular weight is 290 g/mol. The summed E-state index contributed by atoms with van der Waals surface area (Å²) in [6.45, 7) is 5.43. The molecule has 1 fully saturated rings. The lowest BCUT2D eigenvalue weighted by Gasteiger charge is -2.34. The van der Waals surface area contributed by atoms with E-state index < -0.39 is 11.9 Å². The van der Waals surface area contributed by atoms with Crippen LogP contribution in [0, 0.1) is 12.8 Å². The van der Waals surface area contributed by atoms with E-state index in [4.69, 9.17) is 5.11 Å². The van der Waals surface area contributed by atoms with Crippen LogP contribution in [0.5, 0.6) is 0 Å². The number of benzene rings is 1. The van der Waals surface area contributed by atoms with Gasteiger partial charge < -0.3 is 10.0 Å². The maximum Gasteiger partial charge on any atom is 0.324 e. The first kappa shape index (κ1) is 15.4. The Kier molecular flexibility index (Phi) is 4.83. The van der Waals surface area contributed by atoms with E-state index in [9.17, 15) is 9.59 Å². The zero-order valence-corrected chi connectivity index (χ0v) is 12.6. The Bertz CT molecular complexity index is 513. The topological polar surface area (TPSA) is 60.9 Å². The van der Waals surface area contributed by atoms with Gasteiger partial charge in [-0.15, -0.1) is 0 Å². The van der Waals surface area contributed by atoms with Crippen molar-refractivity contribution in [2.75, 3.05) is 24.5 Å². The number of carboxylic acid groups (broad SMARTS) is 1. The number of amides is 2. The van der Waals surface area contributed by atoms with Gasteiger partial charge >= 0.3 is 12.0 Å². The molecule has 0 saturated carbocycles. The molecule has 1 aliphatic rings. The summed E-state index contributed by atoms with van der Waals surface area (Å²) in [6, 6.07) is 7.70. The van der Waals surface area contributed by atoms with Crippen LogP contribution in [0.3, 0.4) is 0 Å². The molecule has 1 unspecified atom stereocenters. The predicted molar refractivity (Wildman–Crippen MR) is 81.5 cm³/mol. The first-order valence-corrected chi connectivity index (χ1v) is 7.39. The largest absolute Gasteiger partial charge is 0.481 e. The smallest absolute Gasteiger partial charge is 0.324 e. The standard InChI is InChI=1S/C16H22N2O3/c1-3-18(14-8-6-12(2)7-9-14)16(21)17-10-4-5-13(11-17)15(19)20/h6-9,13H,3-5,10-11H2,1-2H3,(H,19,20). The van der Waals surface area contributed by atoms with Gasteiger partial charge in [-0.25, -0.2) is 4.79 Å². The fourth-order valence-corrected chi connectivity index (χ4v) is 2.68. The van der Waals surface area contributed by atoms with Crippen molar-refractivity contribution in [3.05, 3.63) is 29.8 Å². The molecule has 1 heterocycles. The normalized spacial score (nSPS) is 18.4. The minimum absolute atomic E-state index is 0.104. The molecule has 1 atom stereocenters. The van der Waals surface area contributed by atoms with Gasteiger partial charge in [0.1, 0.15) is 0 Å². The molecule has 0 radical (unpaired) electrons. The number of aliphatic carboxylic acids is 1. The molecule has 1 aliphatic heterocycles. The highest BCUT2D eigenvalue weighted by molar-refractivity contribution is 5.92. The van der Waals surface area contributed by atoms with Crippen molar-refractivity contribution in [1.82, 2.24) is 4.90 Å². The van der Waals surface area contributed by atoms with E-state index in [1.165, 1.54) is 0 Å². The number of hydrogen-bond donors (Lipinski definition) is 1. The van der Waals surface area contributed by atoms with E-state index in [1.807, 2.05) is 38.1 Å². The quantitative estimate of drug-likeness (QED) is 0.931. The van der Waals surface area contributed by atoms with E-state index in [-0.39, 0.29) is 6.03 Å². The molecule has 21 heavy (non-hydrogen) atoms. The number of aryl methyl sites for hydroxylation is 1. The molecule has 5 heteroatoms. The average Bonchev–Trinajstić information content (AvgIpc) is 2.50. The lowest BCUT2D eigenvalue weighted by atomic mass is 9.98. The van der Waals surface area contributed by atoms with Crippen LogP contribution >= 0.6 is 0 Å². The summed E-state index contributed by atoms with van der Waals surface area (Å²) in [4.78, 5) is 27.1. The number of nitrogens with zero attached hydrogens (tertiary/aromatic N) is 2. The van der Waals surface area contributed by atoms with Crippen LogP contribution < -0.4 is 4.90 Å². The van der Waals surface area contributed by atoms with Gasteiger partial charge in [0.2, 0.25) is 0 Å². The van der Waals surface area contributed by atoms with Crippen molar-refractivity contribution in [2.45, 2.75) is 26.7 Å². The van der Waals surface area contributed by atoms with Gasteiger partial charge in [0, 0.05) is 25.3 Å². The highest BCUT2D eigenvalue weighted by atomic mass is 16.4. The van der Waals surface area contributed by atoms with Crippen LogP contribution in [0.1, 0.15) is 25.3 Å². The van der Waals surface area contributed by atoms with E-state index in [0.29, 0.717) is 26.1 Å². The molecule has 2 amide bonds. The third kappa shape index (κ3) is 3.54. The Labute approximate surface area is 125 Å². The maximum absolute atomic E-state index is 12.6. The number of anilines is 1. The number of carbonyl (C=O) groups is 2. The highest BCUT2D eigenvalue weighted by Crippen LogP contribution is 2.21. The highest BCUT2D eigenvalue weighted by Gasteiger charge is 2.30. The number of hydrogen-bond acceptors (Lipinski definition) is 2. The summed E-state index contributed by atoms with van der Waals surface area (Å²) in [5.41, 5.74) is 2.00. The van der Waals surface area contributed by atoms with Crippen molar-refractivity contribution >= 4 is 17.7 Å². The maximum atomic E-state index is 12.6. The zero-order chi connectivity index (χ0) is 15.4. The Morgan fingerprint density at radius 3 is 2.57 bits per heavy atom. The fraction of sp³-hybridized carbons (Fsp3) is 0.500. The molecule has 2 rings (SSSR count). The monoisotopic (exact) mass is 290 g/mol. The number of carboxylic acids is 1. The van der Waals surface area contributed by atoms with Gasteiger partial charge in [-0.2, -0.15) is 0 Å². The number of urea groups is 1. The van der Waals surface area contributed by atoms with Crippen molar-refractivity contribution < 1.29 is 14.7 Å². The molecule has 114 valence electrons. The molecule has 0 bridgehead atoms. The summed E-state index contributed by atoms with van der Waals surface area (Å²) < 4.78 is 0. The number of piperidine rings is 1. The molecule has 1 aromatic carbocycles. The van der Waals surface area contributed by atoms with Gasteiger partial charge in [-0.1, -0.05) is 17.7 Å². The molecule has 1 N–H and O–H groups in total. The van der Waals surface area contributed by atoms with E-state index in [2.05, 4.69) is 0 Å². The third-order valence-corrected chi connectivity index (χ3v) is 3.93. The van der Waals surface area contributed by atoms with Crippen molar-refractivity contribution in [2.24, 2.45) is 5.92 Å². The number of carbonyl (C=O) groups excluding carboxylic acids is 1. The molecule has 0 aromatic heterocycles. The van der Waals surface area contributed by atoms with Crippen molar-refractivity contribution in [3.8, 4) is 0 Å². The lowest BCUT2D eigenvalue weighted by Crippen LogP contribution is -2.49. The van der Waals surface area contributed by atoms with Crippen LogP contribution in [0.4, 0.5) is 10.5 Å². The predicted octanol–water partition coefficient (Wildman–Crippen LogP) is 2.74. The first-order valence-electron chi connectivity index (χ1n) is 7.39. The molecule has 1 aromatic rings. The fourth-order valence-electron chi connectivity index (χ4n) is 2.68. The van der Waals surface area contributed by atoms with Crippen molar-refractivity contribution in [3.63, 3.8) is 0 Å². The van der Waals surface area contributed by atoms with Crippen LogP contribution in [-0.4, -0.2) is 41.6 Å². The van der Waals surface area contributed by atoms with Crippen molar-refractivity contribution in [1.29, 1.82) is 0 Å². The first-order chi connectivity index (χ1) is 10.0. The van der Waals surface area contributed by atoms with Crippen LogP contribution in [0.15, 0.2) is 24.3 Å². The van der Waals surface area contributed by atoms with Gasteiger partial charge in [0.05, 0.1) is 5.92 Å². The summed E-state index contributed by atoms with van der Waals surface area (Å²) in [5, 5.41) is 9.13. The minimum Gasteiger partial charge on any atom is -0.481 e. The summed E-state index contributed by atoms with van der Waals surface area (Å²) in [7, 11) is 0. The molecular weight excluding hydrogens is 268 g/mol. The lowest BCUT2D eigenvalue weighted by molar-refractivity contribution is -0.143. The SMILES string of the molecule is CCN(C(=O)N1CCCC(C(=O)O)C1)c1ccc(C)cc1.